The maximum Gasteiger partial charge on any atom is 0.177 e. The first-order valence-electron chi connectivity index (χ1n) is 35.3. The molecule has 2 heterocycles. The molecule has 11 aromatic rings. The Kier molecular flexibility index (Phi) is 40.6. The van der Waals surface area contributed by atoms with Crippen molar-refractivity contribution >= 4 is 74.2 Å². The Labute approximate surface area is 660 Å². The molecule has 3 unspecified atom stereocenters. The van der Waals surface area contributed by atoms with Crippen LogP contribution in [0.15, 0.2) is 349 Å². The van der Waals surface area contributed by atoms with E-state index in [0.29, 0.717) is 58.9 Å². The van der Waals surface area contributed by atoms with Crippen LogP contribution in [0.5, 0.6) is 0 Å². The number of ketones is 1. The molecule has 3 atom stereocenters. The van der Waals surface area contributed by atoms with E-state index in [1.54, 1.807) is 57.2 Å². The molecule has 12 N–H and O–H groups in total. The molecule has 0 saturated heterocycles. The van der Waals surface area contributed by atoms with Gasteiger partial charge in [-0.2, -0.15) is 0 Å². The quantitative estimate of drug-likeness (QED) is 0.0203. The summed E-state index contributed by atoms with van der Waals surface area (Å²) in [5, 5.41) is 141. The first-order chi connectivity index (χ1) is 54.2. The van der Waals surface area contributed by atoms with Gasteiger partial charge in [-0.1, -0.05) is 346 Å². The van der Waals surface area contributed by atoms with Gasteiger partial charge in [-0.15, -0.1) is 22.7 Å². The smallest absolute Gasteiger partial charge is 0.177 e. The molecule has 22 nitrogen and oxygen atoms in total. The van der Waals surface area contributed by atoms with Gasteiger partial charge in [0, 0.05) is 40.5 Å². The van der Waals surface area contributed by atoms with Crippen molar-refractivity contribution in [2.75, 3.05) is 7.11 Å². The van der Waals surface area contributed by atoms with Gasteiger partial charge in [0.2, 0.25) is 0 Å². The summed E-state index contributed by atoms with van der Waals surface area (Å²) < 4.78 is 0. The lowest BCUT2D eigenvalue weighted by Gasteiger charge is -2.32. The van der Waals surface area contributed by atoms with Gasteiger partial charge in [0.1, 0.15) is 70.9 Å². The van der Waals surface area contributed by atoms with Crippen molar-refractivity contribution in [3.8, 4) is 0 Å². The normalized spacial score (nSPS) is 13.8. The highest BCUT2D eigenvalue weighted by Gasteiger charge is 2.36. The standard InChI is InChI=1S/C15H15NO2.C14H13NO2.C14H13NO.C13H17NO2.C10H9NO2S2.C10H13NO2.C8H9NO.C4H7NO2/c1-18-16-14(12-8-4-2-5-9-12)15(17)13-10-6-3-7-11-13;16-14(12-9-5-2-6-10-12)13(15-17)11-7-3-1-4-8-11;16-15-14(13-9-5-2-6-10-13)11-12-7-3-1-4-8-12;15-13(9-5-2-6-10-13)12(14-16)11-7-3-1-4-8-11;12-10(8-4-2-6-15-8)9(11-13)7-3-1-5-14-7;1-10(2,12)9(11-13)8-6-4-3-5-7-8;1-7(9-10)8-5-3-2-4-6-8;1-3(5-7)4(2)6/h2-11,15,17H,1H3;1-10,14,16-17H;1-10,16H,11H2;1,3-4,7-8,15-16H,2,5-6,9-10H2;1-6,10,12-13H;3-7,12-13H,1-2H3;2-6,10H,1H3;7H,1-2H3/b16-14+;15-13-;15-14-;14-12-;2*11-9+;9-7-;5-3+. The predicted molar refractivity (Wildman–Crippen MR) is 444 cm³/mol. The highest BCUT2D eigenvalue weighted by atomic mass is 32.1. The number of aliphatic hydroxyl groups is 5. The molecule has 0 spiro atoms. The van der Waals surface area contributed by atoms with Crippen LogP contribution in [0, 0.1) is 0 Å². The van der Waals surface area contributed by atoms with Crippen LogP contribution in [0.3, 0.4) is 0 Å². The minimum atomic E-state index is -1.13. The van der Waals surface area contributed by atoms with Crippen molar-refractivity contribution in [3.63, 3.8) is 0 Å². The predicted octanol–water partition coefficient (Wildman–Crippen LogP) is 17.7. The molecular weight excluding hydrogens is 1460 g/mol. The molecule has 1 aliphatic carbocycles. The summed E-state index contributed by atoms with van der Waals surface area (Å²) in [5.74, 6) is -0.206. The largest absolute Gasteiger partial charge is 0.411 e. The molecule has 0 bridgehead atoms. The van der Waals surface area contributed by atoms with Crippen molar-refractivity contribution in [1.82, 2.24) is 0 Å². The van der Waals surface area contributed by atoms with E-state index in [9.17, 15) is 30.3 Å². The van der Waals surface area contributed by atoms with Crippen molar-refractivity contribution in [3.05, 3.63) is 368 Å². The Balaban J connectivity index is 0.000000231. The van der Waals surface area contributed by atoms with E-state index in [2.05, 4.69) is 41.2 Å². The number of carbonyl (C=O) groups excluding carboxylic acids is 1. The average Bonchev–Trinajstić information content (AvgIpc) is 0.939. The van der Waals surface area contributed by atoms with Crippen molar-refractivity contribution in [1.29, 1.82) is 0 Å². The molecule has 1 saturated carbocycles. The number of oxime groups is 8. The van der Waals surface area contributed by atoms with Gasteiger partial charge < -0.3 is 66.8 Å². The second kappa shape index (κ2) is 50.3. The van der Waals surface area contributed by atoms with Gasteiger partial charge >= 0.3 is 0 Å². The number of aliphatic hydroxyl groups excluding tert-OH is 3. The summed E-state index contributed by atoms with van der Waals surface area (Å²) in [4.78, 5) is 16.5. The third-order valence-corrected chi connectivity index (χ3v) is 18.4. The van der Waals surface area contributed by atoms with Gasteiger partial charge in [-0.25, -0.2) is 0 Å². The third-order valence-electron chi connectivity index (χ3n) is 16.6. The van der Waals surface area contributed by atoms with E-state index in [1.165, 1.54) is 43.6 Å². The van der Waals surface area contributed by atoms with Crippen molar-refractivity contribution in [2.24, 2.45) is 41.2 Å². The van der Waals surface area contributed by atoms with Crippen molar-refractivity contribution < 1.29 is 71.6 Å². The molecule has 9 aromatic carbocycles. The summed E-state index contributed by atoms with van der Waals surface area (Å²) in [6, 6.07) is 92.2. The van der Waals surface area contributed by atoms with Crippen LogP contribution >= 0.6 is 22.7 Å². The van der Waals surface area contributed by atoms with Crippen LogP contribution in [0.4, 0.5) is 0 Å². The summed E-state index contributed by atoms with van der Waals surface area (Å²) >= 11 is 2.87. The zero-order valence-corrected chi connectivity index (χ0v) is 64.6. The third kappa shape index (κ3) is 30.6. The van der Waals surface area contributed by atoms with Gasteiger partial charge in [0.05, 0.1) is 16.3 Å². The molecule has 1 fully saturated rings. The minimum absolute atomic E-state index is 0.139. The lowest BCUT2D eigenvalue weighted by molar-refractivity contribution is -0.111. The molecule has 24 heteroatoms. The average molecular weight is 1550 g/mol. The molecule has 1 aliphatic rings. The maximum atomic E-state index is 10.5. The molecule has 0 radical (unpaired) electrons. The lowest BCUT2D eigenvalue weighted by Crippen LogP contribution is -2.41. The number of carbonyl (C=O) groups is 1. The first-order valence-corrected chi connectivity index (χ1v) is 37.1. The number of hydrogen-bond donors (Lipinski definition) is 12. The summed E-state index contributed by atoms with van der Waals surface area (Å²) in [6.07, 6.45) is 2.55. The topological polar surface area (TPSA) is 368 Å². The van der Waals surface area contributed by atoms with E-state index in [0.717, 1.165) is 68.0 Å². The molecule has 112 heavy (non-hydrogen) atoms. The summed E-state index contributed by atoms with van der Waals surface area (Å²) in [5.41, 5.74) is 8.71. The molecule has 0 amide bonds. The van der Waals surface area contributed by atoms with Gasteiger partial charge in [0.15, 0.2) is 5.78 Å². The fourth-order valence-electron chi connectivity index (χ4n) is 10.6. The Morgan fingerprint density at radius 2 is 0.821 bits per heavy atom. The number of rotatable bonds is 19. The van der Waals surface area contributed by atoms with Crippen LogP contribution in [-0.4, -0.2) is 132 Å². The monoisotopic (exact) mass is 1550 g/mol. The Morgan fingerprint density at radius 3 is 1.19 bits per heavy atom. The van der Waals surface area contributed by atoms with E-state index in [4.69, 9.17) is 41.3 Å². The fourth-order valence-corrected chi connectivity index (χ4v) is 12.1. The zero-order chi connectivity index (χ0) is 81.4. The number of nitrogens with zero attached hydrogens (tertiary/aromatic N) is 8. The van der Waals surface area contributed by atoms with Crippen LogP contribution in [0.25, 0.3) is 0 Å². The highest BCUT2D eigenvalue weighted by molar-refractivity contribution is 7.12. The molecule has 2 aromatic heterocycles. The van der Waals surface area contributed by atoms with E-state index in [1.807, 2.05) is 272 Å². The Morgan fingerprint density at radius 1 is 0.420 bits per heavy atom. The van der Waals surface area contributed by atoms with Gasteiger partial charge in [-0.05, 0) is 91.2 Å². The summed E-state index contributed by atoms with van der Waals surface area (Å²) in [7, 11) is 1.47. The van der Waals surface area contributed by atoms with E-state index < -0.39 is 29.5 Å². The van der Waals surface area contributed by atoms with Gasteiger partial charge in [0.25, 0.3) is 0 Å². The van der Waals surface area contributed by atoms with Crippen LogP contribution < -0.4 is 0 Å². The number of thiophene rings is 2. The molecule has 0 aliphatic heterocycles. The minimum Gasteiger partial charge on any atom is -0.411 e. The second-order valence-corrected chi connectivity index (χ2v) is 27.0. The second-order valence-electron chi connectivity index (χ2n) is 25.0. The fraction of sp³-hybridized carbons (Fsp3) is 0.193. The Hall–Kier alpha value is -12.4. The maximum absolute atomic E-state index is 10.5. The van der Waals surface area contributed by atoms with Gasteiger partial charge in [-0.3, -0.25) is 4.79 Å². The van der Waals surface area contributed by atoms with E-state index in [-0.39, 0.29) is 22.9 Å². The number of Topliss-reactive ketones (excluding diaryl/α,β-unsaturated/α-hetero) is 1. The molecule has 12 rings (SSSR count). The molecule has 584 valence electrons. The number of hydrogen-bond acceptors (Lipinski definition) is 24. The SMILES string of the molecule is C/C(=N/O)c1ccccc1.CC(=O)/C(C)=N/O.CC(C)(O)/C(=N/O)c1ccccc1.CO/N=C(\c1ccccc1)C(O)c1ccccc1.O/N=C(/Cc1ccccc1)c1ccccc1.O/N=C(/c1ccccc1)C(O)c1ccccc1.O/N=C(/c1ccccc1)C1(O)CCCCC1.O/N=C(\c1cccs1)C(O)c1cccs1. The first kappa shape index (κ1) is 90.2. The summed E-state index contributed by atoms with van der Waals surface area (Å²) in [6.45, 7) is 7.71. The Bertz CT molecular complexity index is 4650. The van der Waals surface area contributed by atoms with Crippen LogP contribution in [0.2, 0.25) is 0 Å². The van der Waals surface area contributed by atoms with Crippen LogP contribution in [0.1, 0.15) is 145 Å². The lowest BCUT2D eigenvalue weighted by atomic mass is 9.79. The zero-order valence-electron chi connectivity index (χ0n) is 63.0. The van der Waals surface area contributed by atoms with Crippen LogP contribution in [-0.2, 0) is 16.1 Å². The van der Waals surface area contributed by atoms with E-state index >= 15 is 0 Å². The molecular formula is C88H96N8O14S2. The van der Waals surface area contributed by atoms with Crippen molar-refractivity contribution in [2.45, 2.75) is 103 Å². The number of benzene rings is 9. The highest BCUT2D eigenvalue weighted by Crippen LogP contribution is 2.32.